The third-order valence-electron chi connectivity index (χ3n) is 2.05. The number of amides is 2. The van der Waals surface area contributed by atoms with Gasteiger partial charge in [0.2, 0.25) is 0 Å². The van der Waals surface area contributed by atoms with Crippen LogP contribution in [0.15, 0.2) is 0 Å². The number of aromatic nitrogens is 4. The standard InChI is InChI=1S/C7H8N6OS6/c14-3(8-1-12-6(17)19-4(15)10-12)9-2-13-7(18)20-5(16)11-13/h1-2H2,(H,10,15)(H,11,16)(H2,8,9,14). The number of nitrogens with zero attached hydrogens (tertiary/aromatic N) is 2. The van der Waals surface area contributed by atoms with Gasteiger partial charge in [0.25, 0.3) is 0 Å². The topological polar surface area (TPSA) is 82.6 Å². The van der Waals surface area contributed by atoms with Gasteiger partial charge in [-0.3, -0.25) is 10.2 Å². The van der Waals surface area contributed by atoms with Crippen LogP contribution in [0, 0.1) is 15.8 Å². The van der Waals surface area contributed by atoms with Crippen LogP contribution in [0.4, 0.5) is 4.79 Å². The summed E-state index contributed by atoms with van der Waals surface area (Å²) in [5.41, 5.74) is 0. The first-order valence-corrected chi connectivity index (χ1v) is 8.34. The molecule has 0 atom stereocenters. The summed E-state index contributed by atoms with van der Waals surface area (Å²) in [4.78, 5) is 11.6. The lowest BCUT2D eigenvalue weighted by atomic mass is 10.8. The number of rotatable bonds is 4. The number of carbonyl (C=O) groups is 1. The minimum absolute atomic E-state index is 0.211. The lowest BCUT2D eigenvalue weighted by molar-refractivity contribution is 0.234. The van der Waals surface area contributed by atoms with Crippen molar-refractivity contribution in [3.63, 3.8) is 0 Å². The van der Waals surface area contributed by atoms with E-state index in [-0.39, 0.29) is 19.4 Å². The zero-order chi connectivity index (χ0) is 14.7. The summed E-state index contributed by atoms with van der Waals surface area (Å²) in [5.74, 6) is 0. The second-order valence-corrected chi connectivity index (χ2v) is 8.01. The molecule has 0 saturated carbocycles. The molecule has 2 amide bonds. The zero-order valence-electron chi connectivity index (χ0n) is 9.67. The summed E-state index contributed by atoms with van der Waals surface area (Å²) in [6.07, 6.45) is 0. The maximum atomic E-state index is 11.6. The summed E-state index contributed by atoms with van der Waals surface area (Å²) in [5, 5.41) is 11.0. The predicted molar refractivity (Wildman–Crippen MR) is 88.3 cm³/mol. The molecule has 0 aliphatic heterocycles. The third kappa shape index (κ3) is 4.13. The van der Waals surface area contributed by atoms with Crippen molar-refractivity contribution in [3.8, 4) is 0 Å². The molecule has 2 rings (SSSR count). The SMILES string of the molecule is O=C(NCn1[nH]c(=S)sc1=S)NCn1[nH]c(=S)sc1=S. The van der Waals surface area contributed by atoms with Crippen LogP contribution < -0.4 is 10.6 Å². The molecule has 2 heterocycles. The number of urea groups is 1. The first-order valence-electron chi connectivity index (χ1n) is 5.07. The maximum Gasteiger partial charge on any atom is 0.317 e. The highest BCUT2D eigenvalue weighted by Gasteiger charge is 2.02. The van der Waals surface area contributed by atoms with Gasteiger partial charge in [-0.05, 0) is 48.9 Å². The molecule has 0 unspecified atom stereocenters. The quantitative estimate of drug-likeness (QED) is 0.609. The van der Waals surface area contributed by atoms with Crippen LogP contribution in [0.2, 0.25) is 0 Å². The van der Waals surface area contributed by atoms with Crippen LogP contribution in [0.1, 0.15) is 0 Å². The average molecular weight is 385 g/mol. The third-order valence-corrected chi connectivity index (χ3v) is 5.02. The van der Waals surface area contributed by atoms with Crippen LogP contribution in [0.3, 0.4) is 0 Å². The first kappa shape index (κ1) is 15.7. The highest BCUT2D eigenvalue weighted by molar-refractivity contribution is 7.76. The molecule has 2 aromatic heterocycles. The Labute approximate surface area is 141 Å². The van der Waals surface area contributed by atoms with Gasteiger partial charge in [-0.15, -0.1) is 0 Å². The Morgan fingerprint density at radius 1 is 0.950 bits per heavy atom. The zero-order valence-corrected chi connectivity index (χ0v) is 14.6. The smallest absolute Gasteiger partial charge is 0.317 e. The Hall–Kier alpha value is -0.730. The van der Waals surface area contributed by atoms with Crippen molar-refractivity contribution in [1.29, 1.82) is 0 Å². The highest BCUT2D eigenvalue weighted by atomic mass is 32.2. The van der Waals surface area contributed by atoms with E-state index in [9.17, 15) is 4.79 Å². The predicted octanol–water partition coefficient (Wildman–Crippen LogP) is 2.90. The molecular formula is C7H8N6OS6. The van der Waals surface area contributed by atoms with E-state index < -0.39 is 0 Å². The molecule has 0 aliphatic rings. The number of H-pyrrole nitrogens is 2. The van der Waals surface area contributed by atoms with Gasteiger partial charge >= 0.3 is 6.03 Å². The summed E-state index contributed by atoms with van der Waals surface area (Å²) in [6, 6.07) is -0.357. The van der Waals surface area contributed by atoms with E-state index >= 15 is 0 Å². The van der Waals surface area contributed by atoms with E-state index in [1.165, 1.54) is 22.7 Å². The monoisotopic (exact) mass is 384 g/mol. The van der Waals surface area contributed by atoms with Gasteiger partial charge in [-0.1, -0.05) is 22.7 Å². The largest absolute Gasteiger partial charge is 0.319 e. The van der Waals surface area contributed by atoms with Crippen molar-refractivity contribution in [3.05, 3.63) is 15.8 Å². The Kier molecular flexibility index (Phi) is 5.34. The molecule has 0 fully saturated rings. The summed E-state index contributed by atoms with van der Waals surface area (Å²) < 4.78 is 5.42. The van der Waals surface area contributed by atoms with E-state index in [2.05, 4.69) is 20.8 Å². The molecule has 20 heavy (non-hydrogen) atoms. The molecule has 0 aromatic carbocycles. The first-order chi connectivity index (χ1) is 9.45. The minimum Gasteiger partial charge on any atom is -0.319 e. The van der Waals surface area contributed by atoms with Crippen molar-refractivity contribution in [2.24, 2.45) is 0 Å². The van der Waals surface area contributed by atoms with Gasteiger partial charge < -0.3 is 10.6 Å². The number of aromatic amines is 2. The van der Waals surface area contributed by atoms with Crippen LogP contribution in [0.25, 0.3) is 0 Å². The Bertz CT molecular complexity index is 763. The molecule has 0 spiro atoms. The van der Waals surface area contributed by atoms with Crippen molar-refractivity contribution in [1.82, 2.24) is 30.2 Å². The molecule has 0 aliphatic carbocycles. The number of hydrogen-bond acceptors (Lipinski definition) is 7. The van der Waals surface area contributed by atoms with E-state index in [1.807, 2.05) is 0 Å². The number of hydrogen-bond donors (Lipinski definition) is 4. The number of nitrogens with one attached hydrogen (secondary N) is 4. The second-order valence-electron chi connectivity index (χ2n) is 3.39. The molecule has 0 bridgehead atoms. The van der Waals surface area contributed by atoms with E-state index in [0.29, 0.717) is 15.8 Å². The fraction of sp³-hybridized carbons (Fsp3) is 0.286. The van der Waals surface area contributed by atoms with Gasteiger partial charge in [0.05, 0.1) is 0 Å². The van der Waals surface area contributed by atoms with Crippen molar-refractivity contribution >= 4 is 77.6 Å². The molecular weight excluding hydrogens is 377 g/mol. The van der Waals surface area contributed by atoms with Crippen LogP contribution >= 0.6 is 71.5 Å². The molecule has 7 nitrogen and oxygen atoms in total. The molecule has 4 N–H and O–H groups in total. The van der Waals surface area contributed by atoms with Crippen molar-refractivity contribution in [2.75, 3.05) is 0 Å². The fourth-order valence-corrected chi connectivity index (χ4v) is 4.00. The normalized spacial score (nSPS) is 10.4. The Morgan fingerprint density at radius 3 is 1.65 bits per heavy atom. The highest BCUT2D eigenvalue weighted by Crippen LogP contribution is 2.02. The average Bonchev–Trinajstić information content (AvgIpc) is 2.86. The molecule has 13 heteroatoms. The Morgan fingerprint density at radius 2 is 1.35 bits per heavy atom. The maximum absolute atomic E-state index is 11.6. The van der Waals surface area contributed by atoms with Crippen molar-refractivity contribution < 1.29 is 4.79 Å². The van der Waals surface area contributed by atoms with Gasteiger partial charge in [0.15, 0.2) is 15.8 Å². The Balaban J connectivity index is 1.87. The summed E-state index contributed by atoms with van der Waals surface area (Å²) in [6.45, 7) is 0.422. The summed E-state index contributed by atoms with van der Waals surface area (Å²) >= 11 is 22.6. The van der Waals surface area contributed by atoms with Gasteiger partial charge in [-0.2, -0.15) is 0 Å². The lowest BCUT2D eigenvalue weighted by Gasteiger charge is -2.08. The van der Waals surface area contributed by atoms with Gasteiger partial charge in [-0.25, -0.2) is 14.2 Å². The fourth-order valence-electron chi connectivity index (χ4n) is 1.20. The van der Waals surface area contributed by atoms with Crippen molar-refractivity contribution in [2.45, 2.75) is 13.3 Å². The van der Waals surface area contributed by atoms with E-state index in [4.69, 9.17) is 48.9 Å². The van der Waals surface area contributed by atoms with Crippen LogP contribution in [0.5, 0.6) is 0 Å². The summed E-state index contributed by atoms with van der Waals surface area (Å²) in [7, 11) is 0. The number of carbonyl (C=O) groups excluding carboxylic acids is 1. The molecule has 0 radical (unpaired) electrons. The van der Waals surface area contributed by atoms with Crippen LogP contribution in [-0.2, 0) is 13.3 Å². The molecule has 0 saturated heterocycles. The molecule has 2 aromatic rings. The van der Waals surface area contributed by atoms with Gasteiger partial charge in [0, 0.05) is 0 Å². The van der Waals surface area contributed by atoms with Crippen LogP contribution in [-0.4, -0.2) is 25.6 Å². The second kappa shape index (κ2) is 6.82. The molecule has 108 valence electrons. The van der Waals surface area contributed by atoms with E-state index in [0.717, 1.165) is 0 Å². The van der Waals surface area contributed by atoms with Gasteiger partial charge in [0.1, 0.15) is 13.3 Å². The van der Waals surface area contributed by atoms with E-state index in [1.54, 1.807) is 9.36 Å². The lowest BCUT2D eigenvalue weighted by Crippen LogP contribution is -2.38. The minimum atomic E-state index is -0.357.